The molecule has 2 rings (SSSR count). The largest absolute Gasteiger partial charge is 0.363 e. The zero-order valence-electron chi connectivity index (χ0n) is 14.3. The molecule has 0 aromatic carbocycles. The van der Waals surface area contributed by atoms with Gasteiger partial charge in [-0.1, -0.05) is 17.7 Å². The molecule has 0 atom stereocenters. The highest BCUT2D eigenvalue weighted by atomic mass is 35.5. The van der Waals surface area contributed by atoms with Crippen LogP contribution < -0.4 is 15.5 Å². The molecule has 0 spiro atoms. The lowest BCUT2D eigenvalue weighted by molar-refractivity contribution is 0.792. The number of aromatic nitrogens is 2. The number of rotatable bonds is 6. The minimum absolute atomic E-state index is 0.513. The second-order valence-electron chi connectivity index (χ2n) is 5.51. The summed E-state index contributed by atoms with van der Waals surface area (Å²) >= 11 is 5.79. The Bertz CT molecular complexity index is 669. The summed E-state index contributed by atoms with van der Waals surface area (Å²) in [6.07, 6.45) is 4.46. The number of anilines is 1. The minimum atomic E-state index is 0.513. The van der Waals surface area contributed by atoms with Crippen molar-refractivity contribution in [3.8, 4) is 0 Å². The van der Waals surface area contributed by atoms with Crippen molar-refractivity contribution in [1.29, 1.82) is 0 Å². The molecule has 0 aliphatic carbocycles. The van der Waals surface area contributed by atoms with Crippen molar-refractivity contribution in [3.63, 3.8) is 0 Å². The number of hydrogen-bond acceptors (Lipinski definition) is 4. The van der Waals surface area contributed by atoms with Crippen LogP contribution in [0.3, 0.4) is 0 Å². The number of nitrogens with one attached hydrogen (secondary N) is 2. The van der Waals surface area contributed by atoms with Gasteiger partial charge >= 0.3 is 0 Å². The molecular weight excluding hydrogens is 324 g/mol. The fourth-order valence-corrected chi connectivity index (χ4v) is 2.21. The molecule has 0 unspecified atom stereocenters. The number of aliphatic imine (C=N–C) groups is 1. The number of nitrogens with zero attached hydrogens (tertiary/aromatic N) is 4. The molecule has 7 heteroatoms. The lowest BCUT2D eigenvalue weighted by atomic mass is 10.2. The monoisotopic (exact) mass is 346 g/mol. The highest BCUT2D eigenvalue weighted by Crippen LogP contribution is 2.09. The van der Waals surface area contributed by atoms with E-state index in [-0.39, 0.29) is 0 Å². The average molecular weight is 347 g/mol. The van der Waals surface area contributed by atoms with Gasteiger partial charge in [0.05, 0.1) is 0 Å². The standard InChI is InChI=1S/C17H23ClN6/c1-19-17(21-9-6-13-4-5-15(18)22-11-13)23-12-14-7-8-20-16(10-14)24(2)3/h4-5,7-8,10-11H,6,9,12H2,1-3H3,(H2,19,21,23). The van der Waals surface area contributed by atoms with Crippen molar-refractivity contribution in [1.82, 2.24) is 20.6 Å². The van der Waals surface area contributed by atoms with Gasteiger partial charge in [-0.05, 0) is 35.7 Å². The Morgan fingerprint density at radius 2 is 2.00 bits per heavy atom. The van der Waals surface area contributed by atoms with Crippen molar-refractivity contribution in [2.24, 2.45) is 4.99 Å². The average Bonchev–Trinajstić information content (AvgIpc) is 2.59. The van der Waals surface area contributed by atoms with E-state index in [2.05, 4.69) is 31.7 Å². The first-order valence-electron chi connectivity index (χ1n) is 7.75. The summed E-state index contributed by atoms with van der Waals surface area (Å²) in [4.78, 5) is 14.6. The Hall–Kier alpha value is -2.34. The van der Waals surface area contributed by atoms with Crippen LogP contribution in [0.4, 0.5) is 5.82 Å². The van der Waals surface area contributed by atoms with E-state index in [4.69, 9.17) is 11.6 Å². The molecule has 2 aromatic heterocycles. The first-order valence-corrected chi connectivity index (χ1v) is 8.13. The third kappa shape index (κ3) is 5.70. The van der Waals surface area contributed by atoms with E-state index in [1.807, 2.05) is 37.3 Å². The molecular formula is C17H23ClN6. The Morgan fingerprint density at radius 3 is 2.67 bits per heavy atom. The number of guanidine groups is 1. The quantitative estimate of drug-likeness (QED) is 0.476. The van der Waals surface area contributed by atoms with Crippen LogP contribution in [0.5, 0.6) is 0 Å². The van der Waals surface area contributed by atoms with E-state index >= 15 is 0 Å². The molecule has 0 aliphatic rings. The van der Waals surface area contributed by atoms with Gasteiger partial charge in [-0.15, -0.1) is 0 Å². The molecule has 2 N–H and O–H groups in total. The van der Waals surface area contributed by atoms with Gasteiger partial charge in [0.1, 0.15) is 11.0 Å². The molecule has 0 saturated heterocycles. The van der Waals surface area contributed by atoms with Gasteiger partial charge in [0, 0.05) is 46.6 Å². The number of pyridine rings is 2. The predicted molar refractivity (Wildman–Crippen MR) is 99.7 cm³/mol. The van der Waals surface area contributed by atoms with Crippen molar-refractivity contribution in [2.75, 3.05) is 32.6 Å². The molecule has 0 amide bonds. The molecule has 0 radical (unpaired) electrons. The van der Waals surface area contributed by atoms with Crippen molar-refractivity contribution in [2.45, 2.75) is 13.0 Å². The Balaban J connectivity index is 1.80. The molecule has 24 heavy (non-hydrogen) atoms. The summed E-state index contributed by atoms with van der Waals surface area (Å²) in [5.41, 5.74) is 2.28. The molecule has 0 saturated carbocycles. The maximum atomic E-state index is 5.79. The summed E-state index contributed by atoms with van der Waals surface area (Å²) in [5.74, 6) is 1.70. The normalized spacial score (nSPS) is 11.2. The van der Waals surface area contributed by atoms with Gasteiger partial charge in [0.15, 0.2) is 5.96 Å². The molecule has 0 bridgehead atoms. The van der Waals surface area contributed by atoms with Gasteiger partial charge in [0.25, 0.3) is 0 Å². The molecule has 0 aliphatic heterocycles. The lowest BCUT2D eigenvalue weighted by Crippen LogP contribution is -2.37. The fourth-order valence-electron chi connectivity index (χ4n) is 2.10. The molecule has 0 fully saturated rings. The predicted octanol–water partition coefficient (Wildman–Crippen LogP) is 2.10. The van der Waals surface area contributed by atoms with E-state index in [1.165, 1.54) is 0 Å². The van der Waals surface area contributed by atoms with E-state index in [9.17, 15) is 0 Å². The van der Waals surface area contributed by atoms with Crippen LogP contribution in [0.1, 0.15) is 11.1 Å². The van der Waals surface area contributed by atoms with Crippen LogP contribution in [-0.2, 0) is 13.0 Å². The third-order valence-corrected chi connectivity index (χ3v) is 3.67. The Morgan fingerprint density at radius 1 is 1.17 bits per heavy atom. The van der Waals surface area contributed by atoms with Crippen LogP contribution >= 0.6 is 11.6 Å². The van der Waals surface area contributed by atoms with Gasteiger partial charge in [-0.25, -0.2) is 9.97 Å². The van der Waals surface area contributed by atoms with E-state index in [1.54, 1.807) is 19.3 Å². The second-order valence-corrected chi connectivity index (χ2v) is 5.90. The van der Waals surface area contributed by atoms with Crippen molar-refractivity contribution >= 4 is 23.4 Å². The summed E-state index contributed by atoms with van der Waals surface area (Å²) in [7, 11) is 5.72. The highest BCUT2D eigenvalue weighted by molar-refractivity contribution is 6.29. The highest BCUT2D eigenvalue weighted by Gasteiger charge is 2.02. The Labute approximate surface area is 148 Å². The lowest BCUT2D eigenvalue weighted by Gasteiger charge is -2.14. The zero-order valence-corrected chi connectivity index (χ0v) is 15.0. The third-order valence-electron chi connectivity index (χ3n) is 3.45. The van der Waals surface area contributed by atoms with E-state index in [0.29, 0.717) is 11.7 Å². The minimum Gasteiger partial charge on any atom is -0.363 e. The van der Waals surface area contributed by atoms with Crippen LogP contribution in [0.2, 0.25) is 5.15 Å². The SMILES string of the molecule is CN=C(NCCc1ccc(Cl)nc1)NCc1ccnc(N(C)C)c1. The van der Waals surface area contributed by atoms with Gasteiger partial charge in [0.2, 0.25) is 0 Å². The fraction of sp³-hybridized carbons (Fsp3) is 0.353. The first kappa shape index (κ1) is 18.0. The van der Waals surface area contributed by atoms with E-state index in [0.717, 1.165) is 35.9 Å². The van der Waals surface area contributed by atoms with Crippen LogP contribution in [0, 0.1) is 0 Å². The molecule has 6 nitrogen and oxygen atoms in total. The number of hydrogen-bond donors (Lipinski definition) is 2. The second kappa shape index (κ2) is 9.08. The summed E-state index contributed by atoms with van der Waals surface area (Å²) in [6.45, 7) is 1.45. The maximum Gasteiger partial charge on any atom is 0.191 e. The smallest absolute Gasteiger partial charge is 0.191 e. The zero-order chi connectivity index (χ0) is 17.4. The van der Waals surface area contributed by atoms with Gasteiger partial charge < -0.3 is 15.5 Å². The van der Waals surface area contributed by atoms with Crippen LogP contribution in [-0.4, -0.2) is 43.6 Å². The van der Waals surface area contributed by atoms with Gasteiger partial charge in [-0.2, -0.15) is 0 Å². The first-order chi connectivity index (χ1) is 11.6. The number of halogens is 1. The molecule has 2 heterocycles. The van der Waals surface area contributed by atoms with Gasteiger partial charge in [-0.3, -0.25) is 4.99 Å². The van der Waals surface area contributed by atoms with Crippen LogP contribution in [0.25, 0.3) is 0 Å². The topological polar surface area (TPSA) is 65.4 Å². The van der Waals surface area contributed by atoms with Crippen molar-refractivity contribution in [3.05, 3.63) is 52.9 Å². The van der Waals surface area contributed by atoms with Crippen LogP contribution in [0.15, 0.2) is 41.7 Å². The maximum absolute atomic E-state index is 5.79. The summed E-state index contributed by atoms with van der Waals surface area (Å²) < 4.78 is 0. The van der Waals surface area contributed by atoms with E-state index < -0.39 is 0 Å². The molecule has 128 valence electrons. The summed E-state index contributed by atoms with van der Waals surface area (Å²) in [5, 5.41) is 7.11. The van der Waals surface area contributed by atoms with Crippen molar-refractivity contribution < 1.29 is 0 Å². The molecule has 2 aromatic rings. The summed E-state index contributed by atoms with van der Waals surface area (Å²) in [6, 6.07) is 7.83. The Kier molecular flexibility index (Phi) is 6.81.